The van der Waals surface area contributed by atoms with Crippen LogP contribution in [0.25, 0.3) is 0 Å². The highest BCUT2D eigenvalue weighted by molar-refractivity contribution is 5.87. The third-order valence-electron chi connectivity index (χ3n) is 4.97. The van der Waals surface area contributed by atoms with Crippen LogP contribution in [0.2, 0.25) is 0 Å². The fourth-order valence-corrected chi connectivity index (χ4v) is 3.73. The van der Waals surface area contributed by atoms with Crippen LogP contribution in [-0.2, 0) is 19.0 Å². The quantitative estimate of drug-likeness (QED) is 0.515. The Morgan fingerprint density at radius 2 is 2.04 bits per heavy atom. The number of carbonyl (C=O) groups excluding carboxylic acids is 1. The van der Waals surface area contributed by atoms with Gasteiger partial charge in [0.15, 0.2) is 0 Å². The van der Waals surface area contributed by atoms with Crippen LogP contribution in [0.15, 0.2) is 42.2 Å². The third kappa shape index (κ3) is 2.32. The van der Waals surface area contributed by atoms with E-state index in [4.69, 9.17) is 18.9 Å². The number of hydrogen-bond acceptors (Lipinski definition) is 6. The molecule has 126 valence electrons. The van der Waals surface area contributed by atoms with Crippen LogP contribution in [0, 0.1) is 11.8 Å². The summed E-state index contributed by atoms with van der Waals surface area (Å²) in [5.41, 5.74) is -0.342. The molecule has 7 nitrogen and oxygen atoms in total. The maximum Gasteiger partial charge on any atom is 0.516 e. The zero-order valence-electron chi connectivity index (χ0n) is 12.9. The van der Waals surface area contributed by atoms with E-state index >= 15 is 0 Å². The number of ether oxygens (including phenoxy) is 4. The van der Waals surface area contributed by atoms with Gasteiger partial charge in [0.25, 0.3) is 6.29 Å². The molecule has 2 fully saturated rings. The second kappa shape index (κ2) is 5.24. The summed E-state index contributed by atoms with van der Waals surface area (Å²) in [7, 11) is 0. The van der Waals surface area contributed by atoms with Crippen molar-refractivity contribution in [3.63, 3.8) is 0 Å². The Balaban J connectivity index is 1.51. The molecule has 0 amide bonds. The molecule has 7 heteroatoms. The summed E-state index contributed by atoms with van der Waals surface area (Å²) in [5.74, 6) is -1.31. The summed E-state index contributed by atoms with van der Waals surface area (Å²) < 4.78 is 21.4. The molecule has 5 unspecified atom stereocenters. The Labute approximate surface area is 137 Å². The highest BCUT2D eigenvalue weighted by Crippen LogP contribution is 2.60. The van der Waals surface area contributed by atoms with E-state index in [-0.39, 0.29) is 23.5 Å². The van der Waals surface area contributed by atoms with Crippen LogP contribution >= 0.6 is 0 Å². The molecule has 0 bridgehead atoms. The Morgan fingerprint density at radius 3 is 2.75 bits per heavy atom. The Morgan fingerprint density at radius 1 is 1.29 bits per heavy atom. The third-order valence-corrected chi connectivity index (χ3v) is 4.97. The standard InChI is InChI=1S/C17H16O7/c1-17-12(24-17)7-10-11(14(18)19)8-21-15(13(10)17)23-16(20)22-9-5-3-2-4-6-9/h2-6,8,10,12-13,15H,7H2,1H3,(H,18,19). The van der Waals surface area contributed by atoms with E-state index in [1.165, 1.54) is 0 Å². The number of para-hydroxylation sites is 1. The molecule has 24 heavy (non-hydrogen) atoms. The van der Waals surface area contributed by atoms with Gasteiger partial charge < -0.3 is 24.1 Å². The minimum atomic E-state index is -1.03. The van der Waals surface area contributed by atoms with Crippen molar-refractivity contribution in [3.05, 3.63) is 42.2 Å². The maximum atomic E-state index is 12.0. The molecule has 1 aromatic rings. The molecule has 2 aliphatic heterocycles. The van der Waals surface area contributed by atoms with Gasteiger partial charge in [-0.3, -0.25) is 0 Å². The molecule has 5 atom stereocenters. The molecular formula is C17H16O7. The van der Waals surface area contributed by atoms with Gasteiger partial charge in [-0.1, -0.05) is 18.2 Å². The summed E-state index contributed by atoms with van der Waals surface area (Å²) in [6.07, 6.45) is -0.126. The average Bonchev–Trinajstić information content (AvgIpc) is 3.09. The molecule has 1 aromatic carbocycles. The van der Waals surface area contributed by atoms with Crippen molar-refractivity contribution in [3.8, 4) is 5.75 Å². The average molecular weight is 332 g/mol. The van der Waals surface area contributed by atoms with E-state index < -0.39 is 24.0 Å². The molecule has 0 spiro atoms. The number of epoxide rings is 1. The Bertz CT molecular complexity index is 713. The van der Waals surface area contributed by atoms with Gasteiger partial charge in [-0.05, 0) is 25.5 Å². The highest BCUT2D eigenvalue weighted by atomic mass is 16.8. The van der Waals surface area contributed by atoms with E-state index in [9.17, 15) is 14.7 Å². The fraction of sp³-hybridized carbons (Fsp3) is 0.412. The predicted octanol–water partition coefficient (Wildman–Crippen LogP) is 2.32. The molecule has 1 N–H and O–H groups in total. The lowest BCUT2D eigenvalue weighted by atomic mass is 9.82. The first kappa shape index (κ1) is 15.0. The van der Waals surface area contributed by atoms with E-state index in [1.807, 2.05) is 6.92 Å². The summed E-state index contributed by atoms with van der Waals surface area (Å²) in [4.78, 5) is 23.4. The minimum Gasteiger partial charge on any atom is -0.478 e. The molecule has 2 heterocycles. The smallest absolute Gasteiger partial charge is 0.478 e. The zero-order valence-corrected chi connectivity index (χ0v) is 12.9. The largest absolute Gasteiger partial charge is 0.516 e. The Hall–Kier alpha value is -2.54. The first-order chi connectivity index (χ1) is 11.5. The fourth-order valence-electron chi connectivity index (χ4n) is 3.73. The second-order valence-electron chi connectivity index (χ2n) is 6.32. The first-order valence-electron chi connectivity index (χ1n) is 7.69. The number of rotatable bonds is 3. The van der Waals surface area contributed by atoms with Gasteiger partial charge in [0.2, 0.25) is 0 Å². The normalized spacial score (nSPS) is 35.8. The van der Waals surface area contributed by atoms with Crippen molar-refractivity contribution in [2.45, 2.75) is 31.3 Å². The molecule has 4 rings (SSSR count). The SMILES string of the molecule is CC12OC1CC1C(C(=O)O)=COC(OC(=O)Oc3ccccc3)C12. The number of carboxylic acid groups (broad SMARTS) is 1. The molecule has 3 aliphatic rings. The molecule has 0 radical (unpaired) electrons. The van der Waals surface area contributed by atoms with Crippen molar-refractivity contribution in [1.82, 2.24) is 0 Å². The van der Waals surface area contributed by atoms with Crippen LogP contribution in [-0.4, -0.2) is 35.2 Å². The van der Waals surface area contributed by atoms with E-state index in [1.54, 1.807) is 30.3 Å². The zero-order chi connectivity index (χ0) is 16.9. The lowest BCUT2D eigenvalue weighted by Gasteiger charge is -2.35. The van der Waals surface area contributed by atoms with Gasteiger partial charge in [0.05, 0.1) is 23.9 Å². The van der Waals surface area contributed by atoms with Gasteiger partial charge in [0, 0.05) is 5.92 Å². The van der Waals surface area contributed by atoms with Gasteiger partial charge in [-0.15, -0.1) is 0 Å². The van der Waals surface area contributed by atoms with Crippen molar-refractivity contribution in [2.24, 2.45) is 11.8 Å². The number of fused-ring (bicyclic) bond motifs is 3. The van der Waals surface area contributed by atoms with Crippen molar-refractivity contribution in [1.29, 1.82) is 0 Å². The van der Waals surface area contributed by atoms with E-state index in [2.05, 4.69) is 0 Å². The highest BCUT2D eigenvalue weighted by Gasteiger charge is 2.71. The van der Waals surface area contributed by atoms with Gasteiger partial charge in [-0.25, -0.2) is 9.59 Å². The molecule has 1 saturated heterocycles. The minimum absolute atomic E-state index is 0.0341. The number of carbonyl (C=O) groups is 2. The summed E-state index contributed by atoms with van der Waals surface area (Å²) in [6.45, 7) is 1.88. The summed E-state index contributed by atoms with van der Waals surface area (Å²) in [6, 6.07) is 8.53. The van der Waals surface area contributed by atoms with E-state index in [0.717, 1.165) is 6.26 Å². The first-order valence-corrected chi connectivity index (χ1v) is 7.69. The van der Waals surface area contributed by atoms with Crippen LogP contribution in [0.5, 0.6) is 5.75 Å². The molecule has 1 aliphatic carbocycles. The van der Waals surface area contributed by atoms with Crippen LogP contribution in [0.4, 0.5) is 4.79 Å². The lowest BCUT2D eigenvalue weighted by molar-refractivity contribution is -0.153. The van der Waals surface area contributed by atoms with Crippen molar-refractivity contribution < 1.29 is 33.6 Å². The Kier molecular flexibility index (Phi) is 3.28. The van der Waals surface area contributed by atoms with Gasteiger partial charge >= 0.3 is 12.1 Å². The maximum absolute atomic E-state index is 12.0. The number of hydrogen-bond donors (Lipinski definition) is 1. The second-order valence-corrected chi connectivity index (χ2v) is 6.32. The number of carboxylic acids is 1. The topological polar surface area (TPSA) is 94.6 Å². The van der Waals surface area contributed by atoms with Crippen LogP contribution in [0.3, 0.4) is 0 Å². The summed E-state index contributed by atoms with van der Waals surface area (Å²) >= 11 is 0. The van der Waals surface area contributed by atoms with Crippen LogP contribution in [0.1, 0.15) is 13.3 Å². The van der Waals surface area contributed by atoms with Crippen molar-refractivity contribution in [2.75, 3.05) is 0 Å². The van der Waals surface area contributed by atoms with E-state index in [0.29, 0.717) is 12.2 Å². The van der Waals surface area contributed by atoms with Crippen molar-refractivity contribution >= 4 is 12.1 Å². The van der Waals surface area contributed by atoms with Gasteiger partial charge in [0.1, 0.15) is 11.4 Å². The summed E-state index contributed by atoms with van der Waals surface area (Å²) in [5, 5.41) is 9.31. The van der Waals surface area contributed by atoms with Gasteiger partial charge in [-0.2, -0.15) is 0 Å². The number of aliphatic carboxylic acids is 1. The molecular weight excluding hydrogens is 316 g/mol. The monoisotopic (exact) mass is 332 g/mol. The predicted molar refractivity (Wildman–Crippen MR) is 79.0 cm³/mol. The van der Waals surface area contributed by atoms with Crippen LogP contribution < -0.4 is 4.74 Å². The molecule has 0 aromatic heterocycles. The molecule has 1 saturated carbocycles. The number of benzene rings is 1. The lowest BCUT2D eigenvalue weighted by Crippen LogP contribution is -2.43.